The van der Waals surface area contributed by atoms with Crippen LogP contribution in [0.3, 0.4) is 0 Å². The van der Waals surface area contributed by atoms with Crippen LogP contribution in [0.15, 0.2) is 12.1 Å². The molecular formula is C14H16ClF4N. The van der Waals surface area contributed by atoms with Gasteiger partial charge in [0.05, 0.1) is 10.6 Å². The number of benzene rings is 1. The van der Waals surface area contributed by atoms with Crippen LogP contribution in [0.2, 0.25) is 5.02 Å². The van der Waals surface area contributed by atoms with E-state index >= 15 is 0 Å². The van der Waals surface area contributed by atoms with Crippen molar-refractivity contribution in [3.8, 4) is 0 Å². The smallest absolute Gasteiger partial charge is 0.324 e. The van der Waals surface area contributed by atoms with Crippen molar-refractivity contribution in [1.29, 1.82) is 0 Å². The lowest BCUT2D eigenvalue weighted by molar-refractivity contribution is -0.138. The molecule has 0 radical (unpaired) electrons. The standard InChI is InChI=1S/C14H16ClF4N/c15-10-7-6-9(14(17,18)19)11(12(10)16)13(20)8-4-2-1-3-5-8/h6-8,13H,1-5,20H2/t13-/m0/s1. The van der Waals surface area contributed by atoms with Crippen LogP contribution in [-0.4, -0.2) is 0 Å². The van der Waals surface area contributed by atoms with Crippen LogP contribution in [-0.2, 0) is 6.18 Å². The molecule has 1 atom stereocenters. The zero-order valence-electron chi connectivity index (χ0n) is 10.8. The summed E-state index contributed by atoms with van der Waals surface area (Å²) < 4.78 is 53.2. The first-order chi connectivity index (χ1) is 9.32. The van der Waals surface area contributed by atoms with Crippen molar-refractivity contribution in [3.05, 3.63) is 34.1 Å². The molecule has 0 spiro atoms. The molecule has 0 unspecified atom stereocenters. The Hall–Kier alpha value is -0.810. The second kappa shape index (κ2) is 5.90. The average molecular weight is 310 g/mol. The Bertz CT molecular complexity index is 481. The van der Waals surface area contributed by atoms with Gasteiger partial charge in [-0.15, -0.1) is 0 Å². The monoisotopic (exact) mass is 309 g/mol. The minimum Gasteiger partial charge on any atom is -0.324 e. The summed E-state index contributed by atoms with van der Waals surface area (Å²) in [6, 6.07) is 0.769. The third kappa shape index (κ3) is 3.09. The first-order valence-corrected chi connectivity index (χ1v) is 7.01. The fourth-order valence-electron chi connectivity index (χ4n) is 2.87. The predicted molar refractivity (Wildman–Crippen MR) is 69.9 cm³/mol. The zero-order chi connectivity index (χ0) is 14.9. The van der Waals surface area contributed by atoms with E-state index in [2.05, 4.69) is 0 Å². The molecule has 1 saturated carbocycles. The van der Waals surface area contributed by atoms with Gasteiger partial charge in [0.15, 0.2) is 0 Å². The minimum atomic E-state index is -4.63. The first kappa shape index (κ1) is 15.6. The van der Waals surface area contributed by atoms with Crippen molar-refractivity contribution in [1.82, 2.24) is 0 Å². The molecule has 0 bridgehead atoms. The normalized spacial score (nSPS) is 19.1. The van der Waals surface area contributed by atoms with Crippen LogP contribution < -0.4 is 5.73 Å². The number of rotatable bonds is 2. The summed E-state index contributed by atoms with van der Waals surface area (Å²) in [5.74, 6) is -1.17. The van der Waals surface area contributed by atoms with Crippen LogP contribution in [0.25, 0.3) is 0 Å². The van der Waals surface area contributed by atoms with E-state index in [1.807, 2.05) is 0 Å². The highest BCUT2D eigenvalue weighted by Crippen LogP contribution is 2.42. The predicted octanol–water partition coefficient (Wildman–Crippen LogP) is 5.08. The van der Waals surface area contributed by atoms with Crippen LogP contribution in [0.1, 0.15) is 49.3 Å². The maximum absolute atomic E-state index is 14.1. The van der Waals surface area contributed by atoms with Gasteiger partial charge in [-0.1, -0.05) is 30.9 Å². The Morgan fingerprint density at radius 1 is 1.15 bits per heavy atom. The van der Waals surface area contributed by atoms with E-state index in [-0.39, 0.29) is 10.9 Å². The highest BCUT2D eigenvalue weighted by atomic mass is 35.5. The van der Waals surface area contributed by atoms with Crippen molar-refractivity contribution in [2.24, 2.45) is 11.7 Å². The lowest BCUT2D eigenvalue weighted by atomic mass is 9.80. The molecule has 0 aromatic heterocycles. The molecule has 1 aliphatic carbocycles. The van der Waals surface area contributed by atoms with Gasteiger partial charge in [0.2, 0.25) is 0 Å². The van der Waals surface area contributed by atoms with E-state index in [4.69, 9.17) is 17.3 Å². The van der Waals surface area contributed by atoms with Crippen LogP contribution in [0, 0.1) is 11.7 Å². The molecule has 1 aromatic rings. The largest absolute Gasteiger partial charge is 0.416 e. The Balaban J connectivity index is 2.44. The SMILES string of the molecule is N[C@H](c1c(C(F)(F)F)ccc(Cl)c1F)C1CCCCC1. The van der Waals surface area contributed by atoms with E-state index in [9.17, 15) is 17.6 Å². The van der Waals surface area contributed by atoms with E-state index < -0.39 is 29.2 Å². The molecule has 2 N–H and O–H groups in total. The summed E-state index contributed by atoms with van der Waals surface area (Å²) in [5, 5.41) is -0.320. The highest BCUT2D eigenvalue weighted by Gasteiger charge is 2.38. The van der Waals surface area contributed by atoms with Gasteiger partial charge in [0, 0.05) is 11.6 Å². The second-order valence-electron chi connectivity index (χ2n) is 5.24. The maximum Gasteiger partial charge on any atom is 0.416 e. The molecule has 0 aliphatic heterocycles. The summed E-state index contributed by atoms with van der Waals surface area (Å²) in [7, 11) is 0. The fourth-order valence-corrected chi connectivity index (χ4v) is 3.03. The molecule has 0 saturated heterocycles. The molecule has 1 nitrogen and oxygen atoms in total. The zero-order valence-corrected chi connectivity index (χ0v) is 11.6. The van der Waals surface area contributed by atoms with Gasteiger partial charge in [0.25, 0.3) is 0 Å². The van der Waals surface area contributed by atoms with Crippen LogP contribution in [0.5, 0.6) is 0 Å². The van der Waals surface area contributed by atoms with Crippen molar-refractivity contribution in [2.75, 3.05) is 0 Å². The molecule has 20 heavy (non-hydrogen) atoms. The number of halogens is 5. The molecule has 1 aromatic carbocycles. The third-order valence-corrected chi connectivity index (χ3v) is 4.22. The van der Waals surface area contributed by atoms with Crippen molar-refractivity contribution < 1.29 is 17.6 Å². The average Bonchev–Trinajstić information content (AvgIpc) is 2.40. The molecule has 0 heterocycles. The summed E-state index contributed by atoms with van der Waals surface area (Å²) in [6.45, 7) is 0. The summed E-state index contributed by atoms with van der Waals surface area (Å²) in [6.07, 6.45) is -0.293. The third-order valence-electron chi connectivity index (χ3n) is 3.93. The van der Waals surface area contributed by atoms with Gasteiger partial charge in [-0.05, 0) is 30.9 Å². The van der Waals surface area contributed by atoms with Gasteiger partial charge in [-0.2, -0.15) is 13.2 Å². The van der Waals surface area contributed by atoms with Crippen molar-refractivity contribution in [2.45, 2.75) is 44.3 Å². The van der Waals surface area contributed by atoms with E-state index in [1.165, 1.54) is 0 Å². The van der Waals surface area contributed by atoms with E-state index in [1.54, 1.807) is 0 Å². The Labute approximate surface area is 120 Å². The molecule has 6 heteroatoms. The van der Waals surface area contributed by atoms with Gasteiger partial charge in [0.1, 0.15) is 5.82 Å². The Kier molecular flexibility index (Phi) is 4.59. The van der Waals surface area contributed by atoms with Crippen molar-refractivity contribution in [3.63, 3.8) is 0 Å². The first-order valence-electron chi connectivity index (χ1n) is 6.63. The fraction of sp³-hybridized carbons (Fsp3) is 0.571. The van der Waals surface area contributed by atoms with Crippen molar-refractivity contribution >= 4 is 11.6 Å². The topological polar surface area (TPSA) is 26.0 Å². The number of hydrogen-bond acceptors (Lipinski definition) is 1. The summed E-state index contributed by atoms with van der Waals surface area (Å²) in [4.78, 5) is 0. The Morgan fingerprint density at radius 3 is 2.30 bits per heavy atom. The number of alkyl halides is 3. The van der Waals surface area contributed by atoms with Gasteiger partial charge in [-0.25, -0.2) is 4.39 Å². The lowest BCUT2D eigenvalue weighted by Crippen LogP contribution is -2.27. The molecule has 112 valence electrons. The lowest BCUT2D eigenvalue weighted by Gasteiger charge is -2.29. The molecule has 1 aliphatic rings. The number of hydrogen-bond donors (Lipinski definition) is 1. The van der Waals surface area contributed by atoms with Gasteiger partial charge < -0.3 is 5.73 Å². The van der Waals surface area contributed by atoms with Crippen LogP contribution in [0.4, 0.5) is 17.6 Å². The second-order valence-corrected chi connectivity index (χ2v) is 5.65. The molecule has 0 amide bonds. The maximum atomic E-state index is 14.1. The molecular weight excluding hydrogens is 294 g/mol. The minimum absolute atomic E-state index is 0.127. The number of nitrogens with two attached hydrogens (primary N) is 1. The molecule has 1 fully saturated rings. The van der Waals surface area contributed by atoms with Gasteiger partial charge >= 0.3 is 6.18 Å². The summed E-state index contributed by atoms with van der Waals surface area (Å²) >= 11 is 5.62. The van der Waals surface area contributed by atoms with Crippen LogP contribution >= 0.6 is 11.6 Å². The Morgan fingerprint density at radius 2 is 1.75 bits per heavy atom. The summed E-state index contributed by atoms with van der Waals surface area (Å²) in [5.41, 5.74) is 4.43. The highest BCUT2D eigenvalue weighted by molar-refractivity contribution is 6.30. The van der Waals surface area contributed by atoms with E-state index in [0.717, 1.165) is 44.2 Å². The van der Waals surface area contributed by atoms with Gasteiger partial charge in [-0.3, -0.25) is 0 Å². The quantitative estimate of drug-likeness (QED) is 0.758. The molecule has 2 rings (SSSR count). The van der Waals surface area contributed by atoms with E-state index in [0.29, 0.717) is 0 Å².